The highest BCUT2D eigenvalue weighted by molar-refractivity contribution is 7.19. The monoisotopic (exact) mass is 326 g/mol. The third kappa shape index (κ3) is 10.6. The van der Waals surface area contributed by atoms with E-state index >= 15 is 0 Å². The van der Waals surface area contributed by atoms with Gasteiger partial charge in [0.1, 0.15) is 0 Å². The number of hydrogen-bond acceptors (Lipinski definition) is 3. The minimum Gasteiger partial charge on any atom is -0.459 e. The molecule has 0 rings (SSSR count). The molecule has 104 valence electrons. The summed E-state index contributed by atoms with van der Waals surface area (Å²) >= 11 is 0. The molecule has 0 aromatic heterocycles. The summed E-state index contributed by atoms with van der Waals surface area (Å²) in [6.45, 7) is 14.7. The van der Waals surface area contributed by atoms with Crippen LogP contribution in [0.4, 0.5) is 0 Å². The Morgan fingerprint density at radius 3 is 1.47 bits per heavy atom. The minimum atomic E-state index is -2.03. The van der Waals surface area contributed by atoms with Gasteiger partial charge >= 0.3 is 0 Å². The second-order valence-corrected chi connectivity index (χ2v) is 31.9. The lowest BCUT2D eigenvalue weighted by Gasteiger charge is -2.38. The molecule has 0 aliphatic rings. The summed E-state index contributed by atoms with van der Waals surface area (Å²) in [7, 11) is -6.38. The van der Waals surface area contributed by atoms with Crippen LogP contribution in [0.25, 0.3) is 0 Å². The van der Waals surface area contributed by atoms with Crippen molar-refractivity contribution < 1.29 is 13.7 Å². The maximum absolute atomic E-state index is 10.1. The zero-order valence-electron chi connectivity index (χ0n) is 12.7. The van der Waals surface area contributed by atoms with Gasteiger partial charge in [0.25, 0.3) is 0 Å². The van der Waals surface area contributed by atoms with Crippen molar-refractivity contribution in [3.05, 3.63) is 0 Å². The van der Waals surface area contributed by atoms with Crippen LogP contribution >= 0.6 is 0 Å². The Bertz CT molecular complexity index is 228. The second-order valence-electron chi connectivity index (χ2n) is 7.60. The summed E-state index contributed by atoms with van der Waals surface area (Å²) in [6, 6.07) is 0. The molecular weight excluding hydrogens is 297 g/mol. The predicted octanol–water partition coefficient (Wildman–Crippen LogP) is 1.12. The smallest absolute Gasteiger partial charge is 0.182 e. The molecule has 3 nitrogen and oxygen atoms in total. The average Bonchev–Trinajstić information content (AvgIpc) is 1.65. The van der Waals surface area contributed by atoms with E-state index in [1.165, 1.54) is 0 Å². The summed E-state index contributed by atoms with van der Waals surface area (Å²) in [5.74, 6) is 0. The fraction of sp³-hybridized carbons (Fsp3) is 1.00. The van der Waals surface area contributed by atoms with Gasteiger partial charge in [-0.2, -0.15) is 0 Å². The largest absolute Gasteiger partial charge is 0.459 e. The summed E-state index contributed by atoms with van der Waals surface area (Å²) in [5, 5.41) is 0. The van der Waals surface area contributed by atoms with E-state index in [0.717, 1.165) is 21.1 Å². The van der Waals surface area contributed by atoms with Gasteiger partial charge in [-0.15, -0.1) is 0 Å². The van der Waals surface area contributed by atoms with Crippen LogP contribution in [0.3, 0.4) is 0 Å². The third-order valence-electron chi connectivity index (χ3n) is 2.27. The fourth-order valence-electron chi connectivity index (χ4n) is 2.90. The van der Waals surface area contributed by atoms with Crippen LogP contribution in [0, 0.1) is 0 Å². The van der Waals surface area contributed by atoms with E-state index in [1.54, 1.807) is 0 Å². The highest BCUT2D eigenvalue weighted by Crippen LogP contribution is 2.25. The van der Waals surface area contributed by atoms with Crippen LogP contribution in [-0.2, 0) is 4.12 Å². The molecule has 0 aliphatic heterocycles. The molecule has 0 saturated heterocycles. The van der Waals surface area contributed by atoms with E-state index in [9.17, 15) is 9.59 Å². The highest BCUT2D eigenvalue weighted by Gasteiger charge is 2.40. The second kappa shape index (κ2) is 5.53. The first kappa shape index (κ1) is 18.0. The van der Waals surface area contributed by atoms with E-state index in [-0.39, 0.29) is 0 Å². The zero-order valence-corrected chi connectivity index (χ0v) is 18.7. The Balaban J connectivity index is 4.59. The molecule has 0 aromatic rings. The first-order chi connectivity index (χ1) is 7.12. The minimum absolute atomic E-state index is 0.901. The molecule has 0 aromatic carbocycles. The summed E-state index contributed by atoms with van der Waals surface area (Å²) in [5.41, 5.74) is 1.84. The van der Waals surface area contributed by atoms with Gasteiger partial charge in [-0.05, 0) is 57.2 Å². The molecule has 0 amide bonds. The molecule has 17 heavy (non-hydrogen) atoms. The maximum Gasteiger partial charge on any atom is 0.182 e. The van der Waals surface area contributed by atoms with Crippen molar-refractivity contribution in [1.82, 2.24) is 0 Å². The lowest BCUT2D eigenvalue weighted by molar-refractivity contribution is 0.527. The number of hydrogen-bond donors (Lipinski definition) is 2. The van der Waals surface area contributed by atoms with E-state index < -0.39 is 32.8 Å². The zero-order chi connectivity index (χ0) is 14.1. The SMILES string of the molecule is C[Si](C)(O)C[Si](C)(C)O[Si](C)([SiH3])C[Si](C)(C)O. The molecule has 0 fully saturated rings. The van der Waals surface area contributed by atoms with E-state index in [2.05, 4.69) is 19.6 Å². The van der Waals surface area contributed by atoms with Gasteiger partial charge in [-0.25, -0.2) is 0 Å². The topological polar surface area (TPSA) is 49.7 Å². The van der Waals surface area contributed by atoms with E-state index in [0.29, 0.717) is 0 Å². The van der Waals surface area contributed by atoms with Gasteiger partial charge < -0.3 is 13.7 Å². The predicted molar refractivity (Wildman–Crippen MR) is 89.1 cm³/mol. The van der Waals surface area contributed by atoms with Crippen LogP contribution in [-0.4, -0.2) is 52.1 Å². The summed E-state index contributed by atoms with van der Waals surface area (Å²) < 4.78 is 6.47. The van der Waals surface area contributed by atoms with Crippen molar-refractivity contribution in [2.24, 2.45) is 0 Å². The van der Waals surface area contributed by atoms with Gasteiger partial charge in [-0.1, -0.05) is 0 Å². The molecule has 0 saturated carbocycles. The Hall–Kier alpha value is 0.964. The van der Waals surface area contributed by atoms with Gasteiger partial charge in [0.05, 0.1) is 0 Å². The van der Waals surface area contributed by atoms with Crippen molar-refractivity contribution >= 4 is 42.5 Å². The molecule has 1 atom stereocenters. The van der Waals surface area contributed by atoms with Gasteiger partial charge in [-0.3, -0.25) is 0 Å². The Morgan fingerprint density at radius 2 is 1.18 bits per heavy atom. The molecule has 0 spiro atoms. The van der Waals surface area contributed by atoms with E-state index in [1.807, 2.05) is 26.2 Å². The quantitative estimate of drug-likeness (QED) is 0.719. The Kier molecular flexibility index (Phi) is 5.84. The first-order valence-electron chi connectivity index (χ1n) is 6.27. The fourth-order valence-corrected chi connectivity index (χ4v) is 40.2. The van der Waals surface area contributed by atoms with Crippen molar-refractivity contribution in [1.29, 1.82) is 0 Å². The standard InChI is InChI=1S/C9H30O3Si5/c1-14(2,10)8-16(5,6)12-17(7,13)9-15(3,4)11/h10-11H,8-9H2,1-7,13H3. The molecular formula is C9H30O3Si5. The molecule has 1 unspecified atom stereocenters. The van der Waals surface area contributed by atoms with Crippen LogP contribution in [0.2, 0.25) is 57.2 Å². The van der Waals surface area contributed by atoms with Gasteiger partial charge in [0.15, 0.2) is 32.8 Å². The molecule has 0 aliphatic carbocycles. The molecule has 8 heteroatoms. The lowest BCUT2D eigenvalue weighted by atomic mass is 11.8. The Labute approximate surface area is 113 Å². The van der Waals surface area contributed by atoms with Crippen LogP contribution in [0.15, 0.2) is 0 Å². The van der Waals surface area contributed by atoms with Gasteiger partial charge in [0, 0.05) is 9.76 Å². The van der Waals surface area contributed by atoms with Crippen molar-refractivity contribution in [2.45, 2.75) is 57.2 Å². The van der Waals surface area contributed by atoms with Crippen molar-refractivity contribution in [3.8, 4) is 0 Å². The van der Waals surface area contributed by atoms with Crippen molar-refractivity contribution in [3.63, 3.8) is 0 Å². The Morgan fingerprint density at radius 1 is 0.824 bits per heavy atom. The van der Waals surface area contributed by atoms with Crippen LogP contribution in [0.1, 0.15) is 0 Å². The summed E-state index contributed by atoms with van der Waals surface area (Å²) in [4.78, 5) is 20.1. The first-order valence-corrected chi connectivity index (χ1v) is 21.8. The van der Waals surface area contributed by atoms with Crippen molar-refractivity contribution in [2.75, 3.05) is 0 Å². The molecule has 0 heterocycles. The van der Waals surface area contributed by atoms with Crippen LogP contribution < -0.4 is 0 Å². The maximum atomic E-state index is 10.1. The molecule has 0 radical (unpaired) electrons. The lowest BCUT2D eigenvalue weighted by Crippen LogP contribution is -2.54. The molecule has 0 bridgehead atoms. The average molecular weight is 327 g/mol. The molecule has 2 N–H and O–H groups in total. The van der Waals surface area contributed by atoms with E-state index in [4.69, 9.17) is 4.12 Å². The highest BCUT2D eigenvalue weighted by atomic mass is 29.2. The normalized spacial score (nSPS) is 18.2. The third-order valence-corrected chi connectivity index (χ3v) is 25.4. The van der Waals surface area contributed by atoms with Gasteiger partial charge in [0.2, 0.25) is 0 Å². The summed E-state index contributed by atoms with van der Waals surface area (Å²) in [6.07, 6.45) is 0. The number of rotatable bonds is 6. The van der Waals surface area contributed by atoms with Crippen LogP contribution in [0.5, 0.6) is 0 Å².